The summed E-state index contributed by atoms with van der Waals surface area (Å²) in [7, 11) is 1.40. The molecule has 19 heavy (non-hydrogen) atoms. The number of carbonyl (C=O) groups is 1. The van der Waals surface area contributed by atoms with Gasteiger partial charge in [0.15, 0.2) is 0 Å². The van der Waals surface area contributed by atoms with Crippen molar-refractivity contribution in [1.29, 1.82) is 0 Å². The van der Waals surface area contributed by atoms with Gasteiger partial charge in [-0.2, -0.15) is 13.2 Å². The van der Waals surface area contributed by atoms with Gasteiger partial charge >= 0.3 is 6.18 Å². The molecule has 0 aromatic heterocycles. The Bertz CT molecular complexity index is 434. The molecular formula is C13H15BrF3NO. The second-order valence-corrected chi connectivity index (χ2v) is 5.13. The maximum Gasteiger partial charge on any atom is 0.390 e. The zero-order valence-corrected chi connectivity index (χ0v) is 12.1. The Morgan fingerprint density at radius 1 is 1.32 bits per heavy atom. The molecule has 1 amide bonds. The van der Waals surface area contributed by atoms with E-state index in [0.29, 0.717) is 6.42 Å². The summed E-state index contributed by atoms with van der Waals surface area (Å²) in [6, 6.07) is 7.48. The van der Waals surface area contributed by atoms with E-state index in [1.54, 1.807) is 0 Å². The van der Waals surface area contributed by atoms with Gasteiger partial charge in [0, 0.05) is 24.5 Å². The molecule has 0 aliphatic carbocycles. The van der Waals surface area contributed by atoms with Gasteiger partial charge in [-0.1, -0.05) is 34.1 Å². The lowest BCUT2D eigenvalue weighted by atomic mass is 10.1. The van der Waals surface area contributed by atoms with Crippen LogP contribution in [0, 0.1) is 0 Å². The summed E-state index contributed by atoms with van der Waals surface area (Å²) in [4.78, 5) is 12.8. The summed E-state index contributed by atoms with van der Waals surface area (Å²) in [5, 5.41) is 0. The van der Waals surface area contributed by atoms with E-state index in [1.807, 2.05) is 24.3 Å². The molecule has 0 aliphatic heterocycles. The first-order valence-corrected chi connectivity index (χ1v) is 6.63. The zero-order chi connectivity index (χ0) is 14.5. The minimum absolute atomic E-state index is 0.205. The largest absolute Gasteiger partial charge is 0.390 e. The molecule has 0 spiro atoms. The van der Waals surface area contributed by atoms with Crippen molar-refractivity contribution in [2.45, 2.75) is 25.4 Å². The Morgan fingerprint density at radius 2 is 1.95 bits per heavy atom. The molecule has 0 bridgehead atoms. The van der Waals surface area contributed by atoms with Crippen molar-refractivity contribution in [3.8, 4) is 0 Å². The Balaban J connectivity index is 2.41. The summed E-state index contributed by atoms with van der Waals surface area (Å²) >= 11 is 3.37. The second kappa shape index (κ2) is 6.93. The molecule has 0 radical (unpaired) electrons. The van der Waals surface area contributed by atoms with Crippen LogP contribution in [0.5, 0.6) is 0 Å². The Hall–Kier alpha value is -1.04. The predicted molar refractivity (Wildman–Crippen MR) is 70.8 cm³/mol. The average molecular weight is 338 g/mol. The molecule has 0 fully saturated rings. The third-order valence-corrected chi connectivity index (χ3v) is 3.50. The fourth-order valence-corrected chi connectivity index (χ4v) is 2.04. The van der Waals surface area contributed by atoms with Crippen LogP contribution in [0.4, 0.5) is 13.2 Å². The van der Waals surface area contributed by atoms with Gasteiger partial charge in [0.1, 0.15) is 0 Å². The molecular weight excluding hydrogens is 323 g/mol. The third-order valence-electron chi connectivity index (χ3n) is 2.72. The normalized spacial score (nSPS) is 11.4. The molecule has 0 atom stereocenters. The highest BCUT2D eigenvalue weighted by molar-refractivity contribution is 9.10. The molecule has 6 heteroatoms. The van der Waals surface area contributed by atoms with E-state index in [2.05, 4.69) is 15.9 Å². The van der Waals surface area contributed by atoms with E-state index in [-0.39, 0.29) is 18.9 Å². The number of hydrogen-bond acceptors (Lipinski definition) is 1. The van der Waals surface area contributed by atoms with Gasteiger partial charge in [0.2, 0.25) is 5.91 Å². The summed E-state index contributed by atoms with van der Waals surface area (Å²) in [5.41, 5.74) is 0.972. The first kappa shape index (κ1) is 16.0. The highest BCUT2D eigenvalue weighted by atomic mass is 79.9. The van der Waals surface area contributed by atoms with Gasteiger partial charge in [-0.25, -0.2) is 0 Å². The Kier molecular flexibility index (Phi) is 5.85. The van der Waals surface area contributed by atoms with E-state index >= 15 is 0 Å². The zero-order valence-electron chi connectivity index (χ0n) is 10.5. The number of nitrogens with zero attached hydrogens (tertiary/aromatic N) is 1. The number of amides is 1. The first-order valence-electron chi connectivity index (χ1n) is 5.84. The molecule has 106 valence electrons. The Labute approximate surface area is 118 Å². The van der Waals surface area contributed by atoms with Gasteiger partial charge in [-0.15, -0.1) is 0 Å². The fourth-order valence-electron chi connectivity index (χ4n) is 1.55. The molecule has 2 nitrogen and oxygen atoms in total. The number of carbonyl (C=O) groups excluding carboxylic acids is 1. The average Bonchev–Trinajstić information content (AvgIpc) is 2.33. The topological polar surface area (TPSA) is 20.3 Å². The van der Waals surface area contributed by atoms with Crippen molar-refractivity contribution >= 4 is 21.8 Å². The minimum atomic E-state index is -4.23. The molecule has 1 aromatic rings. The number of rotatable bonds is 5. The van der Waals surface area contributed by atoms with Crippen LogP contribution < -0.4 is 0 Å². The van der Waals surface area contributed by atoms with Crippen molar-refractivity contribution in [3.05, 3.63) is 34.3 Å². The molecule has 0 aliphatic rings. The van der Waals surface area contributed by atoms with Crippen molar-refractivity contribution < 1.29 is 18.0 Å². The van der Waals surface area contributed by atoms with Crippen LogP contribution in [-0.2, 0) is 11.2 Å². The smallest absolute Gasteiger partial charge is 0.345 e. The van der Waals surface area contributed by atoms with Crippen LogP contribution >= 0.6 is 15.9 Å². The lowest BCUT2D eigenvalue weighted by Crippen LogP contribution is -2.30. The molecule has 0 unspecified atom stereocenters. The molecule has 0 N–H and O–H groups in total. The summed E-state index contributed by atoms with van der Waals surface area (Å²) in [5.74, 6) is -0.278. The van der Waals surface area contributed by atoms with Gasteiger partial charge in [0.25, 0.3) is 0 Å². The van der Waals surface area contributed by atoms with Crippen LogP contribution in [0.15, 0.2) is 28.7 Å². The number of hydrogen-bond donors (Lipinski definition) is 0. The van der Waals surface area contributed by atoms with Crippen molar-refractivity contribution in [3.63, 3.8) is 0 Å². The number of alkyl halides is 3. The van der Waals surface area contributed by atoms with Gasteiger partial charge in [-0.05, 0) is 18.1 Å². The minimum Gasteiger partial charge on any atom is -0.345 e. The lowest BCUT2D eigenvalue weighted by Gasteiger charge is -2.18. The number of aryl methyl sites for hydroxylation is 1. The molecule has 1 aromatic carbocycles. The van der Waals surface area contributed by atoms with Crippen molar-refractivity contribution in [2.75, 3.05) is 13.6 Å². The molecule has 0 saturated heterocycles. The van der Waals surface area contributed by atoms with Crippen molar-refractivity contribution in [1.82, 2.24) is 4.90 Å². The van der Waals surface area contributed by atoms with Gasteiger partial charge in [-0.3, -0.25) is 4.79 Å². The van der Waals surface area contributed by atoms with Crippen LogP contribution in [0.25, 0.3) is 0 Å². The van der Waals surface area contributed by atoms with Crippen LogP contribution in [0.1, 0.15) is 18.4 Å². The maximum absolute atomic E-state index is 12.0. The van der Waals surface area contributed by atoms with E-state index in [1.165, 1.54) is 7.05 Å². The van der Waals surface area contributed by atoms with E-state index < -0.39 is 12.6 Å². The molecule has 1 rings (SSSR count). The monoisotopic (exact) mass is 337 g/mol. The first-order chi connectivity index (χ1) is 8.79. The SMILES string of the molecule is CN(CCC(F)(F)F)C(=O)CCc1ccccc1Br. The summed E-state index contributed by atoms with van der Waals surface area (Å²) in [6.45, 7) is -0.293. The second-order valence-electron chi connectivity index (χ2n) is 4.27. The summed E-state index contributed by atoms with van der Waals surface area (Å²) in [6.07, 6.45) is -4.48. The van der Waals surface area contributed by atoms with E-state index in [9.17, 15) is 18.0 Å². The van der Waals surface area contributed by atoms with E-state index in [0.717, 1.165) is 14.9 Å². The number of benzene rings is 1. The highest BCUT2D eigenvalue weighted by Crippen LogP contribution is 2.20. The molecule has 0 heterocycles. The standard InChI is InChI=1S/C13H15BrF3NO/c1-18(9-8-13(15,16)17)12(19)7-6-10-4-2-3-5-11(10)14/h2-5H,6-9H2,1H3. The van der Waals surface area contributed by atoms with Crippen LogP contribution in [0.2, 0.25) is 0 Å². The number of halogens is 4. The fraction of sp³-hybridized carbons (Fsp3) is 0.462. The quantitative estimate of drug-likeness (QED) is 0.800. The van der Waals surface area contributed by atoms with Crippen LogP contribution in [0.3, 0.4) is 0 Å². The van der Waals surface area contributed by atoms with Crippen molar-refractivity contribution in [2.24, 2.45) is 0 Å². The summed E-state index contributed by atoms with van der Waals surface area (Å²) < 4.78 is 37.0. The lowest BCUT2D eigenvalue weighted by molar-refractivity contribution is -0.144. The third kappa shape index (κ3) is 6.09. The van der Waals surface area contributed by atoms with E-state index in [4.69, 9.17) is 0 Å². The molecule has 0 saturated carbocycles. The van der Waals surface area contributed by atoms with Gasteiger partial charge in [0.05, 0.1) is 6.42 Å². The van der Waals surface area contributed by atoms with Gasteiger partial charge < -0.3 is 4.90 Å². The highest BCUT2D eigenvalue weighted by Gasteiger charge is 2.27. The van der Waals surface area contributed by atoms with Crippen LogP contribution in [-0.4, -0.2) is 30.6 Å². The maximum atomic E-state index is 12.0. The predicted octanol–water partition coefficient (Wildman–Crippen LogP) is 3.79. The Morgan fingerprint density at radius 3 is 2.53 bits per heavy atom.